The van der Waals surface area contributed by atoms with Gasteiger partial charge < -0.3 is 19.8 Å². The number of nitro benzene ring substituents is 1. The molecule has 2 N–H and O–H groups in total. The van der Waals surface area contributed by atoms with Crippen molar-refractivity contribution in [3.05, 3.63) is 94.7 Å². The Hall–Kier alpha value is -4.66. The van der Waals surface area contributed by atoms with Crippen molar-refractivity contribution in [3.8, 4) is 5.75 Å². The van der Waals surface area contributed by atoms with E-state index >= 15 is 0 Å². The molecule has 3 aromatic carbocycles. The van der Waals surface area contributed by atoms with Gasteiger partial charge in [-0.15, -0.1) is 0 Å². The number of nitrogens with one attached hydrogen (secondary N) is 2. The van der Waals surface area contributed by atoms with E-state index < -0.39 is 10.8 Å². The van der Waals surface area contributed by atoms with Crippen LogP contribution in [-0.2, 0) is 4.79 Å². The van der Waals surface area contributed by atoms with E-state index in [2.05, 4.69) is 10.6 Å². The molecule has 1 heterocycles. The molecule has 32 heavy (non-hydrogen) atoms. The molecule has 4 rings (SSSR count). The highest BCUT2D eigenvalue weighted by Gasteiger charge is 2.12. The maximum Gasteiger partial charge on any atom is 0.291 e. The zero-order valence-corrected chi connectivity index (χ0v) is 16.6. The average molecular weight is 431 g/mol. The molecule has 4 aromatic rings. The number of hydrogen-bond acceptors (Lipinski definition) is 6. The van der Waals surface area contributed by atoms with Crippen molar-refractivity contribution in [2.75, 3.05) is 17.2 Å². The molecule has 0 radical (unpaired) electrons. The summed E-state index contributed by atoms with van der Waals surface area (Å²) in [6, 6.07) is 21.0. The number of anilines is 2. The third-order valence-electron chi connectivity index (χ3n) is 4.49. The molecule has 0 saturated carbocycles. The lowest BCUT2D eigenvalue weighted by Crippen LogP contribution is -2.20. The van der Waals surface area contributed by atoms with Crippen molar-refractivity contribution >= 4 is 39.8 Å². The van der Waals surface area contributed by atoms with Gasteiger partial charge in [0.25, 0.3) is 17.5 Å². The molecule has 0 atom stereocenters. The second kappa shape index (κ2) is 9.00. The number of hydrogen-bond donors (Lipinski definition) is 2. The number of para-hydroxylation sites is 1. The van der Waals surface area contributed by atoms with E-state index in [-0.39, 0.29) is 24.0 Å². The maximum atomic E-state index is 12.4. The quantitative estimate of drug-likeness (QED) is 0.325. The molecule has 9 heteroatoms. The van der Waals surface area contributed by atoms with Crippen molar-refractivity contribution in [2.45, 2.75) is 0 Å². The molecular formula is C23H17N3O6. The minimum Gasteiger partial charge on any atom is -0.484 e. The summed E-state index contributed by atoms with van der Waals surface area (Å²) in [4.78, 5) is 34.6. The van der Waals surface area contributed by atoms with Crippen LogP contribution in [0.15, 0.2) is 83.3 Å². The number of non-ortho nitro benzene ring substituents is 1. The van der Waals surface area contributed by atoms with Crippen molar-refractivity contribution < 1.29 is 23.7 Å². The van der Waals surface area contributed by atoms with E-state index in [9.17, 15) is 19.7 Å². The molecule has 9 nitrogen and oxygen atoms in total. The van der Waals surface area contributed by atoms with Crippen molar-refractivity contribution in [3.63, 3.8) is 0 Å². The van der Waals surface area contributed by atoms with Gasteiger partial charge in [-0.1, -0.05) is 18.2 Å². The fourth-order valence-electron chi connectivity index (χ4n) is 2.93. The van der Waals surface area contributed by atoms with Crippen LogP contribution in [0.4, 0.5) is 17.1 Å². The van der Waals surface area contributed by atoms with Gasteiger partial charge in [0, 0.05) is 28.9 Å². The second-order valence-corrected chi connectivity index (χ2v) is 6.77. The van der Waals surface area contributed by atoms with E-state index in [1.807, 2.05) is 18.2 Å². The zero-order chi connectivity index (χ0) is 22.5. The Morgan fingerprint density at radius 3 is 2.22 bits per heavy atom. The Bertz CT molecular complexity index is 1250. The van der Waals surface area contributed by atoms with Gasteiger partial charge in [-0.3, -0.25) is 19.7 Å². The van der Waals surface area contributed by atoms with E-state index in [1.54, 1.807) is 36.4 Å². The van der Waals surface area contributed by atoms with Gasteiger partial charge in [0.2, 0.25) is 0 Å². The molecule has 0 aliphatic carbocycles. The Morgan fingerprint density at radius 2 is 1.56 bits per heavy atom. The van der Waals surface area contributed by atoms with Crippen LogP contribution >= 0.6 is 0 Å². The Morgan fingerprint density at radius 1 is 0.906 bits per heavy atom. The van der Waals surface area contributed by atoms with Crippen LogP contribution in [0.25, 0.3) is 11.0 Å². The molecule has 0 spiro atoms. The number of carbonyl (C=O) groups excluding carboxylic acids is 2. The Labute approximate surface area is 181 Å². The predicted octanol–water partition coefficient (Wildman–Crippen LogP) is 4.61. The van der Waals surface area contributed by atoms with Crippen LogP contribution in [0.2, 0.25) is 0 Å². The third kappa shape index (κ3) is 4.90. The standard InChI is InChI=1S/C23H17N3O6/c27-22(14-31-19-11-9-18(10-12-19)26(29)30)24-16-5-7-17(8-6-16)25-23(28)21-13-15-3-1-2-4-20(15)32-21/h1-13H,14H2,(H,24,27)(H,25,28). The van der Waals surface area contributed by atoms with Gasteiger partial charge in [-0.05, 0) is 48.5 Å². The summed E-state index contributed by atoms with van der Waals surface area (Å²) in [6.07, 6.45) is 0. The number of amides is 2. The monoisotopic (exact) mass is 431 g/mol. The third-order valence-corrected chi connectivity index (χ3v) is 4.49. The van der Waals surface area contributed by atoms with Crippen molar-refractivity contribution in [1.29, 1.82) is 0 Å². The van der Waals surface area contributed by atoms with E-state index in [0.29, 0.717) is 22.7 Å². The highest BCUT2D eigenvalue weighted by Crippen LogP contribution is 2.21. The van der Waals surface area contributed by atoms with Crippen molar-refractivity contribution in [2.24, 2.45) is 0 Å². The van der Waals surface area contributed by atoms with Gasteiger partial charge in [-0.25, -0.2) is 0 Å². The number of nitro groups is 1. The number of fused-ring (bicyclic) bond motifs is 1. The van der Waals surface area contributed by atoms with Gasteiger partial charge in [0.15, 0.2) is 12.4 Å². The molecule has 2 amide bonds. The first-order valence-corrected chi connectivity index (χ1v) is 9.55. The smallest absolute Gasteiger partial charge is 0.291 e. The number of furan rings is 1. The number of nitrogens with zero attached hydrogens (tertiary/aromatic N) is 1. The van der Waals surface area contributed by atoms with E-state index in [0.717, 1.165) is 5.39 Å². The summed E-state index contributed by atoms with van der Waals surface area (Å²) < 4.78 is 10.9. The molecule has 160 valence electrons. The normalized spacial score (nSPS) is 10.5. The van der Waals surface area contributed by atoms with Crippen LogP contribution in [0.5, 0.6) is 5.75 Å². The fourth-order valence-corrected chi connectivity index (χ4v) is 2.93. The first-order chi connectivity index (χ1) is 15.5. The molecule has 0 bridgehead atoms. The highest BCUT2D eigenvalue weighted by atomic mass is 16.6. The largest absolute Gasteiger partial charge is 0.484 e. The summed E-state index contributed by atoms with van der Waals surface area (Å²) in [5.41, 5.74) is 1.63. The summed E-state index contributed by atoms with van der Waals surface area (Å²) in [5.74, 6) is -0.238. The van der Waals surface area contributed by atoms with E-state index in [4.69, 9.17) is 9.15 Å². The van der Waals surface area contributed by atoms with Gasteiger partial charge in [0.1, 0.15) is 11.3 Å². The molecular weight excluding hydrogens is 414 g/mol. The number of ether oxygens (including phenoxy) is 1. The number of benzene rings is 3. The summed E-state index contributed by atoms with van der Waals surface area (Å²) in [6.45, 7) is -0.262. The molecule has 0 saturated heterocycles. The molecule has 0 fully saturated rings. The van der Waals surface area contributed by atoms with Crippen LogP contribution < -0.4 is 15.4 Å². The predicted molar refractivity (Wildman–Crippen MR) is 118 cm³/mol. The second-order valence-electron chi connectivity index (χ2n) is 6.77. The van der Waals surface area contributed by atoms with Crippen LogP contribution in [0, 0.1) is 10.1 Å². The van der Waals surface area contributed by atoms with Crippen molar-refractivity contribution in [1.82, 2.24) is 0 Å². The lowest BCUT2D eigenvalue weighted by atomic mass is 10.2. The van der Waals surface area contributed by atoms with E-state index in [1.165, 1.54) is 24.3 Å². The number of rotatable bonds is 7. The molecule has 1 aromatic heterocycles. The van der Waals surface area contributed by atoms with Crippen LogP contribution in [-0.4, -0.2) is 23.3 Å². The first kappa shape index (κ1) is 20.6. The summed E-state index contributed by atoms with van der Waals surface area (Å²) >= 11 is 0. The lowest BCUT2D eigenvalue weighted by molar-refractivity contribution is -0.384. The van der Waals surface area contributed by atoms with Crippen LogP contribution in [0.1, 0.15) is 10.6 Å². The maximum absolute atomic E-state index is 12.4. The molecule has 0 aliphatic rings. The fraction of sp³-hybridized carbons (Fsp3) is 0.0435. The first-order valence-electron chi connectivity index (χ1n) is 9.55. The summed E-state index contributed by atoms with van der Waals surface area (Å²) in [7, 11) is 0. The minimum atomic E-state index is -0.515. The highest BCUT2D eigenvalue weighted by molar-refractivity contribution is 6.04. The Balaban J connectivity index is 1.29. The zero-order valence-electron chi connectivity index (χ0n) is 16.6. The minimum absolute atomic E-state index is 0.0608. The van der Waals surface area contributed by atoms with Crippen LogP contribution in [0.3, 0.4) is 0 Å². The van der Waals surface area contributed by atoms with Gasteiger partial charge in [0.05, 0.1) is 4.92 Å². The lowest BCUT2D eigenvalue weighted by Gasteiger charge is -2.08. The van der Waals surface area contributed by atoms with Gasteiger partial charge in [-0.2, -0.15) is 0 Å². The Kier molecular flexibility index (Phi) is 5.80. The van der Waals surface area contributed by atoms with Gasteiger partial charge >= 0.3 is 0 Å². The number of carbonyl (C=O) groups is 2. The molecule has 0 unspecified atom stereocenters. The molecule has 0 aliphatic heterocycles. The summed E-state index contributed by atoms with van der Waals surface area (Å²) in [5, 5.41) is 16.9. The topological polar surface area (TPSA) is 124 Å². The SMILES string of the molecule is O=C(COc1ccc([N+](=O)[O-])cc1)Nc1ccc(NC(=O)c2cc3ccccc3o2)cc1. The average Bonchev–Trinajstić information content (AvgIpc) is 3.24.